The molecule has 0 heterocycles. The van der Waals surface area contributed by atoms with Crippen molar-refractivity contribution in [1.82, 2.24) is 5.32 Å². The molecule has 1 aliphatic carbocycles. The van der Waals surface area contributed by atoms with E-state index in [1.165, 1.54) is 18.2 Å². The van der Waals surface area contributed by atoms with E-state index in [4.69, 9.17) is 0 Å². The molecule has 1 atom stereocenters. The second kappa shape index (κ2) is 7.21. The Morgan fingerprint density at radius 1 is 0.958 bits per heavy atom. The van der Waals surface area contributed by atoms with Gasteiger partial charge in [-0.25, -0.2) is 4.39 Å². The predicted molar refractivity (Wildman–Crippen MR) is 89.8 cm³/mol. The number of allylic oxidation sites excluding steroid dienone is 2. The highest BCUT2D eigenvalue weighted by atomic mass is 19.1. The molecule has 4 heteroatoms. The molecule has 0 aliphatic heterocycles. The standard InChI is InChI=1S/C20H18FNO2/c21-17-8-6-14(7-9-17)13-22-19-12-18(23)10-16(11-20(19)24)15-4-2-1-3-5-15/h1-9,12,16,22H,10-11,13H2/t16-/m0/s1. The SMILES string of the molecule is O=C1C=C(NCc2ccc(F)cc2)C(=O)C[C@@H](c2ccccc2)C1. The fourth-order valence-corrected chi connectivity index (χ4v) is 2.86. The molecule has 122 valence electrons. The first-order valence-electron chi connectivity index (χ1n) is 7.93. The van der Waals surface area contributed by atoms with Crippen molar-refractivity contribution >= 4 is 11.6 Å². The van der Waals surface area contributed by atoms with Gasteiger partial charge < -0.3 is 5.32 Å². The number of carbonyl (C=O) groups excluding carboxylic acids is 2. The lowest BCUT2D eigenvalue weighted by atomic mass is 9.91. The van der Waals surface area contributed by atoms with Gasteiger partial charge in [0.25, 0.3) is 0 Å². The van der Waals surface area contributed by atoms with E-state index >= 15 is 0 Å². The van der Waals surface area contributed by atoms with Gasteiger partial charge in [-0.05, 0) is 29.2 Å². The highest BCUT2D eigenvalue weighted by Crippen LogP contribution is 2.27. The van der Waals surface area contributed by atoms with Gasteiger partial charge in [0.1, 0.15) is 5.82 Å². The summed E-state index contributed by atoms with van der Waals surface area (Å²) in [6.07, 6.45) is 2.03. The van der Waals surface area contributed by atoms with Crippen LogP contribution in [0, 0.1) is 5.82 Å². The van der Waals surface area contributed by atoms with Crippen LogP contribution in [0.5, 0.6) is 0 Å². The van der Waals surface area contributed by atoms with Gasteiger partial charge in [-0.3, -0.25) is 9.59 Å². The summed E-state index contributed by atoms with van der Waals surface area (Å²) in [5.41, 5.74) is 2.19. The van der Waals surface area contributed by atoms with Gasteiger partial charge in [0, 0.05) is 25.5 Å². The summed E-state index contributed by atoms with van der Waals surface area (Å²) in [5.74, 6) is -0.523. The first-order valence-corrected chi connectivity index (χ1v) is 7.93. The fourth-order valence-electron chi connectivity index (χ4n) is 2.86. The number of halogens is 1. The second-order valence-electron chi connectivity index (χ2n) is 5.94. The number of rotatable bonds is 4. The molecule has 0 radical (unpaired) electrons. The summed E-state index contributed by atoms with van der Waals surface area (Å²) in [6.45, 7) is 0.376. The average Bonchev–Trinajstić information content (AvgIpc) is 2.73. The van der Waals surface area contributed by atoms with Crippen LogP contribution in [0.1, 0.15) is 29.9 Å². The van der Waals surface area contributed by atoms with Crippen LogP contribution in [-0.2, 0) is 16.1 Å². The van der Waals surface area contributed by atoms with Crippen LogP contribution in [0.3, 0.4) is 0 Å². The lowest BCUT2D eigenvalue weighted by Gasteiger charge is -2.13. The molecule has 0 saturated carbocycles. The van der Waals surface area contributed by atoms with Crippen LogP contribution in [0.4, 0.5) is 4.39 Å². The van der Waals surface area contributed by atoms with E-state index < -0.39 is 0 Å². The number of ketones is 2. The Hall–Kier alpha value is -2.75. The quantitative estimate of drug-likeness (QED) is 0.936. The van der Waals surface area contributed by atoms with Crippen molar-refractivity contribution in [3.63, 3.8) is 0 Å². The number of hydrogen-bond donors (Lipinski definition) is 1. The lowest BCUT2D eigenvalue weighted by Crippen LogP contribution is -2.20. The highest BCUT2D eigenvalue weighted by molar-refractivity contribution is 6.04. The van der Waals surface area contributed by atoms with Crippen molar-refractivity contribution in [2.24, 2.45) is 0 Å². The number of benzene rings is 2. The largest absolute Gasteiger partial charge is 0.378 e. The van der Waals surface area contributed by atoms with E-state index in [9.17, 15) is 14.0 Å². The fraction of sp³-hybridized carbons (Fsp3) is 0.200. The normalized spacial score (nSPS) is 18.0. The third-order valence-corrected chi connectivity index (χ3v) is 4.15. The van der Waals surface area contributed by atoms with Crippen molar-refractivity contribution in [2.45, 2.75) is 25.3 Å². The second-order valence-corrected chi connectivity index (χ2v) is 5.94. The zero-order valence-corrected chi connectivity index (χ0v) is 13.2. The van der Waals surface area contributed by atoms with E-state index in [0.717, 1.165) is 11.1 Å². The van der Waals surface area contributed by atoms with Crippen molar-refractivity contribution in [3.05, 3.63) is 83.3 Å². The monoisotopic (exact) mass is 323 g/mol. The van der Waals surface area contributed by atoms with Crippen molar-refractivity contribution in [3.8, 4) is 0 Å². The molecule has 0 aromatic heterocycles. The van der Waals surface area contributed by atoms with Crippen LogP contribution >= 0.6 is 0 Å². The summed E-state index contributed by atoms with van der Waals surface area (Å²) < 4.78 is 12.9. The molecule has 2 aromatic rings. The Labute approximate surface area is 140 Å². The van der Waals surface area contributed by atoms with Crippen LogP contribution in [-0.4, -0.2) is 11.6 Å². The molecule has 3 nitrogen and oxygen atoms in total. The summed E-state index contributed by atoms with van der Waals surface area (Å²) in [4.78, 5) is 24.6. The third kappa shape index (κ3) is 3.96. The Kier molecular flexibility index (Phi) is 4.85. The van der Waals surface area contributed by atoms with Crippen molar-refractivity contribution in [2.75, 3.05) is 0 Å². The Morgan fingerprint density at radius 3 is 2.38 bits per heavy atom. The van der Waals surface area contributed by atoms with Crippen molar-refractivity contribution < 1.29 is 14.0 Å². The van der Waals surface area contributed by atoms with Gasteiger partial charge in [0.05, 0.1) is 5.70 Å². The maximum Gasteiger partial charge on any atom is 0.179 e. The lowest BCUT2D eigenvalue weighted by molar-refractivity contribution is -0.116. The number of carbonyl (C=O) groups is 2. The molecule has 0 amide bonds. The first kappa shape index (κ1) is 16.1. The summed E-state index contributed by atoms with van der Waals surface area (Å²) >= 11 is 0. The van der Waals surface area contributed by atoms with Crippen LogP contribution in [0.25, 0.3) is 0 Å². The highest BCUT2D eigenvalue weighted by Gasteiger charge is 2.25. The van der Waals surface area contributed by atoms with Gasteiger partial charge >= 0.3 is 0 Å². The third-order valence-electron chi connectivity index (χ3n) is 4.15. The molecule has 24 heavy (non-hydrogen) atoms. The molecule has 0 bridgehead atoms. The maximum atomic E-state index is 12.9. The predicted octanol–water partition coefficient (Wildman–Crippen LogP) is 3.52. The smallest absolute Gasteiger partial charge is 0.179 e. The van der Waals surface area contributed by atoms with Gasteiger partial charge in [0.15, 0.2) is 11.6 Å². The molecule has 0 unspecified atom stereocenters. The number of hydrogen-bond acceptors (Lipinski definition) is 3. The molecule has 1 aliphatic rings. The Bertz CT molecular complexity index is 766. The summed E-state index contributed by atoms with van der Waals surface area (Å²) in [5, 5.41) is 3.02. The molecular formula is C20H18FNO2. The van der Waals surface area contributed by atoms with E-state index in [1.54, 1.807) is 12.1 Å². The van der Waals surface area contributed by atoms with Gasteiger partial charge in [0.2, 0.25) is 0 Å². The minimum absolute atomic E-state index is 0.0590. The van der Waals surface area contributed by atoms with Gasteiger partial charge in [-0.15, -0.1) is 0 Å². The zero-order chi connectivity index (χ0) is 16.9. The van der Waals surface area contributed by atoms with Gasteiger partial charge in [-0.2, -0.15) is 0 Å². The molecular weight excluding hydrogens is 305 g/mol. The van der Waals surface area contributed by atoms with E-state index in [2.05, 4.69) is 5.32 Å². The average molecular weight is 323 g/mol. The molecule has 0 spiro atoms. The van der Waals surface area contributed by atoms with E-state index in [0.29, 0.717) is 25.1 Å². The van der Waals surface area contributed by atoms with Crippen LogP contribution < -0.4 is 5.32 Å². The van der Waals surface area contributed by atoms with Crippen LogP contribution in [0.2, 0.25) is 0 Å². The molecule has 2 aromatic carbocycles. The number of Topliss-reactive ketones (excluding diaryl/α,β-unsaturated/α-hetero) is 1. The molecule has 0 saturated heterocycles. The van der Waals surface area contributed by atoms with Crippen molar-refractivity contribution in [1.29, 1.82) is 0 Å². The molecule has 0 fully saturated rings. The minimum atomic E-state index is -0.301. The topological polar surface area (TPSA) is 46.2 Å². The zero-order valence-electron chi connectivity index (χ0n) is 13.2. The maximum absolute atomic E-state index is 12.9. The minimum Gasteiger partial charge on any atom is -0.378 e. The van der Waals surface area contributed by atoms with E-state index in [1.807, 2.05) is 30.3 Å². The summed E-state index contributed by atoms with van der Waals surface area (Å²) in [6, 6.07) is 15.7. The number of nitrogens with one attached hydrogen (secondary N) is 1. The van der Waals surface area contributed by atoms with E-state index in [-0.39, 0.29) is 23.3 Å². The Balaban J connectivity index is 1.69. The van der Waals surface area contributed by atoms with Gasteiger partial charge in [-0.1, -0.05) is 42.5 Å². The van der Waals surface area contributed by atoms with Crippen LogP contribution in [0.15, 0.2) is 66.4 Å². The molecule has 1 N–H and O–H groups in total. The molecule has 3 rings (SSSR count). The summed E-state index contributed by atoms with van der Waals surface area (Å²) in [7, 11) is 0. The Morgan fingerprint density at radius 2 is 1.67 bits per heavy atom. The first-order chi connectivity index (χ1) is 11.6.